The van der Waals surface area contributed by atoms with Crippen molar-refractivity contribution in [2.24, 2.45) is 17.8 Å². The molecule has 0 aliphatic heterocycles. The normalized spacial score (nSPS) is 21.6. The zero-order valence-electron chi connectivity index (χ0n) is 19.4. The Kier molecular flexibility index (Phi) is 6.89. The molecule has 0 unspecified atom stereocenters. The van der Waals surface area contributed by atoms with E-state index in [1.165, 1.54) is 12.1 Å². The third-order valence-electron chi connectivity index (χ3n) is 6.82. The molecule has 0 saturated heterocycles. The lowest BCUT2D eigenvalue weighted by atomic mass is 9.75. The molecule has 2 aromatic carbocycles. The molecule has 178 valence electrons. The van der Waals surface area contributed by atoms with Gasteiger partial charge in [0.05, 0.1) is 16.1 Å². The summed E-state index contributed by atoms with van der Waals surface area (Å²) in [4.78, 5) is 50.9. The molecule has 1 fully saturated rings. The molecular weight excluding hydrogens is 456 g/mol. The van der Waals surface area contributed by atoms with Gasteiger partial charge in [-0.3, -0.25) is 9.59 Å². The summed E-state index contributed by atoms with van der Waals surface area (Å²) >= 11 is 6.40. The van der Waals surface area contributed by atoms with Crippen LogP contribution >= 0.6 is 11.6 Å². The van der Waals surface area contributed by atoms with Gasteiger partial charge in [0.1, 0.15) is 6.10 Å². The van der Waals surface area contributed by atoms with E-state index in [0.717, 1.165) is 19.3 Å². The second kappa shape index (κ2) is 9.71. The van der Waals surface area contributed by atoms with Crippen LogP contribution in [0.4, 0.5) is 0 Å². The Hall–Kier alpha value is -2.99. The third kappa shape index (κ3) is 4.51. The Morgan fingerprint density at radius 1 is 1.00 bits per heavy atom. The van der Waals surface area contributed by atoms with Gasteiger partial charge < -0.3 is 9.47 Å². The largest absolute Gasteiger partial charge is 0.460 e. The summed E-state index contributed by atoms with van der Waals surface area (Å²) in [5.74, 6) is -1.12. The number of hydrogen-bond acceptors (Lipinski definition) is 6. The number of ketones is 2. The average molecular weight is 483 g/mol. The van der Waals surface area contributed by atoms with Crippen LogP contribution in [0.2, 0.25) is 5.02 Å². The highest BCUT2D eigenvalue weighted by Gasteiger charge is 2.35. The van der Waals surface area contributed by atoms with Crippen molar-refractivity contribution in [2.75, 3.05) is 6.61 Å². The molecular formula is C27H27ClO6. The maximum absolute atomic E-state index is 13.0. The fraction of sp³-hybridized carbons (Fsp3) is 0.407. The zero-order chi connectivity index (χ0) is 24.6. The molecule has 1 saturated carbocycles. The number of fused-ring (bicyclic) bond motifs is 2. The molecule has 4 rings (SSSR count). The summed E-state index contributed by atoms with van der Waals surface area (Å²) in [5, 5.41) is -0.162. The first-order valence-corrected chi connectivity index (χ1v) is 11.9. The molecule has 0 amide bonds. The van der Waals surface area contributed by atoms with Crippen molar-refractivity contribution in [3.05, 3.63) is 69.2 Å². The van der Waals surface area contributed by atoms with Gasteiger partial charge in [0.15, 0.2) is 18.2 Å². The fourth-order valence-electron chi connectivity index (χ4n) is 4.96. The highest BCUT2D eigenvalue weighted by atomic mass is 35.5. The maximum atomic E-state index is 13.0. The molecule has 0 spiro atoms. The van der Waals surface area contributed by atoms with Gasteiger partial charge in [-0.1, -0.05) is 63.1 Å². The van der Waals surface area contributed by atoms with Crippen LogP contribution < -0.4 is 0 Å². The third-order valence-corrected chi connectivity index (χ3v) is 7.21. The predicted octanol–water partition coefficient (Wildman–Crippen LogP) is 5.28. The van der Waals surface area contributed by atoms with Gasteiger partial charge in [0.25, 0.3) is 0 Å². The quantitative estimate of drug-likeness (QED) is 0.460. The molecule has 0 radical (unpaired) electrons. The van der Waals surface area contributed by atoms with E-state index in [4.69, 9.17) is 21.1 Å². The highest BCUT2D eigenvalue weighted by Crippen LogP contribution is 2.36. The summed E-state index contributed by atoms with van der Waals surface area (Å²) in [6, 6.07) is 9.19. The maximum Gasteiger partial charge on any atom is 0.344 e. The van der Waals surface area contributed by atoms with E-state index in [-0.39, 0.29) is 45.1 Å². The van der Waals surface area contributed by atoms with Crippen molar-refractivity contribution < 1.29 is 28.7 Å². The van der Waals surface area contributed by atoms with Crippen LogP contribution in [0.5, 0.6) is 0 Å². The van der Waals surface area contributed by atoms with Gasteiger partial charge in [-0.25, -0.2) is 9.59 Å². The topological polar surface area (TPSA) is 86.7 Å². The standard InChI is InChI=1S/C27H27ClO6/c1-14(2)16-9-8-15(3)12-21(16)34-22(29)13-33-27(32)20-11-10-19-23(24(20)28)26(31)18-7-5-4-6-17(18)25(19)30/h4-7,10-11,14-16,21H,8-9,12-13H2,1-3H3/t15-,16+,21+/m1/s1. The van der Waals surface area contributed by atoms with Gasteiger partial charge in [0, 0.05) is 16.7 Å². The molecule has 0 bridgehead atoms. The van der Waals surface area contributed by atoms with Crippen LogP contribution in [0, 0.1) is 17.8 Å². The molecule has 0 heterocycles. The molecule has 7 heteroatoms. The number of rotatable bonds is 5. The molecule has 0 aromatic heterocycles. The lowest BCUT2D eigenvalue weighted by Crippen LogP contribution is -2.36. The van der Waals surface area contributed by atoms with Gasteiger partial charge >= 0.3 is 11.9 Å². The van der Waals surface area contributed by atoms with Gasteiger partial charge in [-0.15, -0.1) is 0 Å². The molecule has 2 aliphatic carbocycles. The van der Waals surface area contributed by atoms with Crippen molar-refractivity contribution in [2.45, 2.75) is 46.1 Å². The lowest BCUT2D eigenvalue weighted by Gasteiger charge is -2.36. The fourth-order valence-corrected chi connectivity index (χ4v) is 5.29. The number of hydrogen-bond donors (Lipinski definition) is 0. The van der Waals surface area contributed by atoms with Crippen LogP contribution in [0.25, 0.3) is 0 Å². The summed E-state index contributed by atoms with van der Waals surface area (Å²) < 4.78 is 10.8. The number of benzene rings is 2. The second-order valence-corrected chi connectivity index (χ2v) is 9.86. The Morgan fingerprint density at radius 2 is 1.68 bits per heavy atom. The summed E-state index contributed by atoms with van der Waals surface area (Å²) in [6.45, 7) is 5.81. The summed E-state index contributed by atoms with van der Waals surface area (Å²) in [5.41, 5.74) is 0.553. The molecule has 6 nitrogen and oxygen atoms in total. The monoisotopic (exact) mass is 482 g/mol. The summed E-state index contributed by atoms with van der Waals surface area (Å²) in [7, 11) is 0. The highest BCUT2D eigenvalue weighted by molar-refractivity contribution is 6.41. The Morgan fingerprint density at radius 3 is 2.35 bits per heavy atom. The first-order valence-electron chi connectivity index (χ1n) is 11.6. The van der Waals surface area contributed by atoms with Crippen molar-refractivity contribution in [1.29, 1.82) is 0 Å². The Balaban J connectivity index is 1.47. The minimum Gasteiger partial charge on any atom is -0.460 e. The second-order valence-electron chi connectivity index (χ2n) is 9.48. The van der Waals surface area contributed by atoms with Crippen LogP contribution in [-0.4, -0.2) is 36.2 Å². The smallest absolute Gasteiger partial charge is 0.344 e. The molecule has 3 atom stereocenters. The van der Waals surface area contributed by atoms with E-state index in [9.17, 15) is 19.2 Å². The Labute approximate surface area is 203 Å². The number of ether oxygens (including phenoxy) is 2. The first-order chi connectivity index (χ1) is 16.2. The van der Waals surface area contributed by atoms with E-state index in [1.807, 2.05) is 0 Å². The van der Waals surface area contributed by atoms with E-state index >= 15 is 0 Å². The van der Waals surface area contributed by atoms with Gasteiger partial charge in [-0.05, 0) is 42.7 Å². The summed E-state index contributed by atoms with van der Waals surface area (Å²) in [6.07, 6.45) is 2.69. The van der Waals surface area contributed by atoms with E-state index in [2.05, 4.69) is 20.8 Å². The van der Waals surface area contributed by atoms with E-state index in [1.54, 1.807) is 24.3 Å². The lowest BCUT2D eigenvalue weighted by molar-refractivity contribution is -0.159. The SMILES string of the molecule is CC(C)[C@@H]1CC[C@@H](C)C[C@@H]1OC(=O)COC(=O)c1ccc2c(c1Cl)C(=O)c1ccccc1C2=O. The number of halogens is 1. The Bertz CT molecular complexity index is 1170. The number of esters is 2. The van der Waals surface area contributed by atoms with Crippen molar-refractivity contribution in [1.82, 2.24) is 0 Å². The van der Waals surface area contributed by atoms with Crippen molar-refractivity contribution in [3.63, 3.8) is 0 Å². The van der Waals surface area contributed by atoms with E-state index < -0.39 is 24.3 Å². The van der Waals surface area contributed by atoms with Gasteiger partial charge in [-0.2, -0.15) is 0 Å². The van der Waals surface area contributed by atoms with Crippen LogP contribution in [-0.2, 0) is 14.3 Å². The minimum absolute atomic E-state index is 0.0293. The molecule has 2 aromatic rings. The van der Waals surface area contributed by atoms with E-state index in [0.29, 0.717) is 17.4 Å². The van der Waals surface area contributed by atoms with Crippen LogP contribution in [0.1, 0.15) is 82.2 Å². The minimum atomic E-state index is -0.860. The van der Waals surface area contributed by atoms with Crippen molar-refractivity contribution in [3.8, 4) is 0 Å². The average Bonchev–Trinajstić information content (AvgIpc) is 2.80. The molecule has 2 aliphatic rings. The number of carbonyl (C=O) groups is 4. The van der Waals surface area contributed by atoms with Crippen molar-refractivity contribution >= 4 is 35.1 Å². The molecule has 0 N–H and O–H groups in total. The zero-order valence-corrected chi connectivity index (χ0v) is 20.2. The predicted molar refractivity (Wildman–Crippen MR) is 126 cm³/mol. The van der Waals surface area contributed by atoms with Crippen LogP contribution in [0.3, 0.4) is 0 Å². The van der Waals surface area contributed by atoms with Crippen LogP contribution in [0.15, 0.2) is 36.4 Å². The van der Waals surface area contributed by atoms with Gasteiger partial charge in [0.2, 0.25) is 0 Å². The first kappa shape index (κ1) is 24.1. The molecule has 34 heavy (non-hydrogen) atoms. The number of carbonyl (C=O) groups excluding carboxylic acids is 4.